The summed E-state index contributed by atoms with van der Waals surface area (Å²) < 4.78 is 11.6. The topological polar surface area (TPSA) is 82.0 Å². The molecule has 29 heavy (non-hydrogen) atoms. The molecular weight excluding hydrogens is 366 g/mol. The zero-order chi connectivity index (χ0) is 19.9. The van der Waals surface area contributed by atoms with Crippen molar-refractivity contribution in [3.63, 3.8) is 0 Å². The molecule has 0 unspecified atom stereocenters. The molecule has 7 heteroatoms. The SMILES string of the molecule is CCCOc1ccc(Oc2ncccc2CNc2ccc3nccnc3n2)cc1. The highest BCUT2D eigenvalue weighted by atomic mass is 16.5. The average Bonchev–Trinajstić information content (AvgIpc) is 2.78. The fraction of sp³-hybridized carbons (Fsp3) is 0.182. The number of hydrogen-bond acceptors (Lipinski definition) is 7. The first-order valence-corrected chi connectivity index (χ1v) is 9.48. The molecule has 0 atom stereocenters. The summed E-state index contributed by atoms with van der Waals surface area (Å²) in [5.41, 5.74) is 2.28. The molecule has 0 bridgehead atoms. The monoisotopic (exact) mass is 387 g/mol. The van der Waals surface area contributed by atoms with Gasteiger partial charge in [-0.25, -0.2) is 15.0 Å². The van der Waals surface area contributed by atoms with Crippen LogP contribution in [0.2, 0.25) is 0 Å². The minimum atomic E-state index is 0.514. The average molecular weight is 387 g/mol. The molecule has 0 aliphatic carbocycles. The van der Waals surface area contributed by atoms with Gasteiger partial charge >= 0.3 is 0 Å². The zero-order valence-corrected chi connectivity index (χ0v) is 16.1. The van der Waals surface area contributed by atoms with Gasteiger partial charge in [0, 0.05) is 30.7 Å². The second-order valence-electron chi connectivity index (χ2n) is 6.34. The molecule has 4 aromatic rings. The van der Waals surface area contributed by atoms with Gasteiger partial charge in [-0.1, -0.05) is 13.0 Å². The predicted octanol–water partition coefficient (Wildman–Crippen LogP) is 4.61. The Bertz CT molecular complexity index is 1090. The lowest BCUT2D eigenvalue weighted by Gasteiger charge is -2.12. The zero-order valence-electron chi connectivity index (χ0n) is 16.1. The van der Waals surface area contributed by atoms with Crippen molar-refractivity contribution in [3.05, 3.63) is 72.7 Å². The van der Waals surface area contributed by atoms with Crippen LogP contribution in [0.3, 0.4) is 0 Å². The second kappa shape index (κ2) is 8.97. The van der Waals surface area contributed by atoms with Gasteiger partial charge in [-0.3, -0.25) is 4.98 Å². The summed E-state index contributed by atoms with van der Waals surface area (Å²) in [4.78, 5) is 17.3. The van der Waals surface area contributed by atoms with Crippen LogP contribution in [-0.2, 0) is 6.54 Å². The molecule has 146 valence electrons. The highest BCUT2D eigenvalue weighted by Gasteiger charge is 2.08. The lowest BCUT2D eigenvalue weighted by Crippen LogP contribution is -2.04. The molecular formula is C22H21N5O2. The van der Waals surface area contributed by atoms with E-state index in [1.807, 2.05) is 48.5 Å². The number of anilines is 1. The first-order chi connectivity index (χ1) is 14.3. The Morgan fingerprint density at radius 3 is 2.55 bits per heavy atom. The van der Waals surface area contributed by atoms with Crippen molar-refractivity contribution < 1.29 is 9.47 Å². The van der Waals surface area contributed by atoms with Gasteiger partial charge in [0.1, 0.15) is 22.8 Å². The normalized spacial score (nSPS) is 10.7. The molecule has 0 amide bonds. The quantitative estimate of drug-likeness (QED) is 0.473. The standard InChI is InChI=1S/C22H21N5O2/c1-2-14-28-17-5-7-18(8-6-17)29-22-16(4-3-11-25-22)15-26-20-10-9-19-21(27-20)24-13-12-23-19/h3-13H,2,14-15H2,1H3,(H,24,26,27). The minimum Gasteiger partial charge on any atom is -0.494 e. The van der Waals surface area contributed by atoms with Crippen molar-refractivity contribution in [1.29, 1.82) is 0 Å². The number of nitrogens with one attached hydrogen (secondary N) is 1. The number of rotatable bonds is 8. The van der Waals surface area contributed by atoms with Crippen molar-refractivity contribution in [1.82, 2.24) is 19.9 Å². The molecule has 3 aromatic heterocycles. The Balaban J connectivity index is 1.45. The lowest BCUT2D eigenvalue weighted by molar-refractivity contribution is 0.317. The fourth-order valence-electron chi connectivity index (χ4n) is 2.72. The van der Waals surface area contributed by atoms with E-state index >= 15 is 0 Å². The van der Waals surface area contributed by atoms with Crippen LogP contribution < -0.4 is 14.8 Å². The summed E-state index contributed by atoms with van der Waals surface area (Å²) in [5, 5.41) is 3.29. The van der Waals surface area contributed by atoms with E-state index in [9.17, 15) is 0 Å². The molecule has 0 fully saturated rings. The molecule has 0 spiro atoms. The van der Waals surface area contributed by atoms with Crippen LogP contribution >= 0.6 is 0 Å². The van der Waals surface area contributed by atoms with Gasteiger partial charge in [0.05, 0.1) is 6.61 Å². The Labute approximate surface area is 168 Å². The van der Waals surface area contributed by atoms with E-state index < -0.39 is 0 Å². The van der Waals surface area contributed by atoms with E-state index in [1.165, 1.54) is 0 Å². The number of benzene rings is 1. The van der Waals surface area contributed by atoms with Gasteiger partial charge in [-0.05, 0) is 48.9 Å². The minimum absolute atomic E-state index is 0.514. The Morgan fingerprint density at radius 2 is 1.69 bits per heavy atom. The van der Waals surface area contributed by atoms with Crippen LogP contribution in [0.25, 0.3) is 11.2 Å². The Kier molecular flexibility index (Phi) is 5.76. The number of nitrogens with zero attached hydrogens (tertiary/aromatic N) is 4. The van der Waals surface area contributed by atoms with Crippen molar-refractivity contribution in [2.24, 2.45) is 0 Å². The maximum atomic E-state index is 5.98. The van der Waals surface area contributed by atoms with Crippen molar-refractivity contribution in [2.75, 3.05) is 11.9 Å². The van der Waals surface area contributed by atoms with Crippen molar-refractivity contribution in [3.8, 4) is 17.4 Å². The summed E-state index contributed by atoms with van der Waals surface area (Å²) >= 11 is 0. The number of ether oxygens (including phenoxy) is 2. The maximum absolute atomic E-state index is 5.98. The molecule has 3 heterocycles. The summed E-state index contributed by atoms with van der Waals surface area (Å²) in [6.07, 6.45) is 5.96. The summed E-state index contributed by atoms with van der Waals surface area (Å²) in [6.45, 7) is 3.29. The van der Waals surface area contributed by atoms with E-state index in [2.05, 4.69) is 32.2 Å². The van der Waals surface area contributed by atoms with E-state index in [0.29, 0.717) is 36.2 Å². The molecule has 0 aliphatic rings. The maximum Gasteiger partial charge on any atom is 0.224 e. The first-order valence-electron chi connectivity index (χ1n) is 9.48. The lowest BCUT2D eigenvalue weighted by atomic mass is 10.2. The fourth-order valence-corrected chi connectivity index (χ4v) is 2.72. The van der Waals surface area contributed by atoms with Gasteiger partial charge in [-0.15, -0.1) is 0 Å². The van der Waals surface area contributed by atoms with Crippen LogP contribution in [0.4, 0.5) is 5.82 Å². The van der Waals surface area contributed by atoms with E-state index in [0.717, 1.165) is 23.3 Å². The van der Waals surface area contributed by atoms with Gasteiger partial charge in [0.2, 0.25) is 5.88 Å². The van der Waals surface area contributed by atoms with Gasteiger partial charge in [0.15, 0.2) is 5.65 Å². The molecule has 0 saturated heterocycles. The van der Waals surface area contributed by atoms with Crippen molar-refractivity contribution in [2.45, 2.75) is 19.9 Å². The number of fused-ring (bicyclic) bond motifs is 1. The highest BCUT2D eigenvalue weighted by Crippen LogP contribution is 2.25. The first kappa shape index (κ1) is 18.6. The Morgan fingerprint density at radius 1 is 0.862 bits per heavy atom. The molecule has 1 aromatic carbocycles. The summed E-state index contributed by atoms with van der Waals surface area (Å²) in [5.74, 6) is 2.79. The van der Waals surface area contributed by atoms with E-state index in [-0.39, 0.29) is 0 Å². The summed E-state index contributed by atoms with van der Waals surface area (Å²) in [6, 6.07) is 15.2. The third-order valence-corrected chi connectivity index (χ3v) is 4.15. The molecule has 7 nitrogen and oxygen atoms in total. The van der Waals surface area contributed by atoms with Crippen LogP contribution in [0, 0.1) is 0 Å². The van der Waals surface area contributed by atoms with Crippen LogP contribution in [0.1, 0.15) is 18.9 Å². The number of pyridine rings is 2. The molecule has 0 aliphatic heterocycles. The number of aromatic nitrogens is 4. The van der Waals surface area contributed by atoms with Gasteiger partial charge in [0.25, 0.3) is 0 Å². The predicted molar refractivity (Wildman–Crippen MR) is 111 cm³/mol. The highest BCUT2D eigenvalue weighted by molar-refractivity contribution is 5.71. The molecule has 0 saturated carbocycles. The summed E-state index contributed by atoms with van der Waals surface area (Å²) in [7, 11) is 0. The second-order valence-corrected chi connectivity index (χ2v) is 6.34. The van der Waals surface area contributed by atoms with Gasteiger partial charge in [-0.2, -0.15) is 0 Å². The van der Waals surface area contributed by atoms with Gasteiger partial charge < -0.3 is 14.8 Å². The number of hydrogen-bond donors (Lipinski definition) is 1. The Hall–Kier alpha value is -3.74. The third kappa shape index (κ3) is 4.76. The molecule has 1 N–H and O–H groups in total. The molecule has 0 radical (unpaired) electrons. The van der Waals surface area contributed by atoms with E-state index in [1.54, 1.807) is 18.6 Å². The largest absolute Gasteiger partial charge is 0.494 e. The van der Waals surface area contributed by atoms with Crippen LogP contribution in [-0.4, -0.2) is 26.5 Å². The van der Waals surface area contributed by atoms with Crippen molar-refractivity contribution >= 4 is 17.0 Å². The molecule has 4 rings (SSSR count). The van der Waals surface area contributed by atoms with Crippen LogP contribution in [0.5, 0.6) is 17.4 Å². The smallest absolute Gasteiger partial charge is 0.224 e. The van der Waals surface area contributed by atoms with E-state index in [4.69, 9.17) is 9.47 Å². The third-order valence-electron chi connectivity index (χ3n) is 4.15. The van der Waals surface area contributed by atoms with Crippen LogP contribution in [0.15, 0.2) is 67.1 Å².